The number of fused-ring (bicyclic) bond motifs is 1. The molecule has 0 saturated carbocycles. The molecule has 1 aromatic heterocycles. The zero-order valence-electron chi connectivity index (χ0n) is 14.4. The van der Waals surface area contributed by atoms with Crippen molar-refractivity contribution >= 4 is 10.9 Å². The van der Waals surface area contributed by atoms with Gasteiger partial charge in [0.1, 0.15) is 0 Å². The maximum Gasteiger partial charge on any atom is 0.0488 e. The van der Waals surface area contributed by atoms with Crippen LogP contribution < -0.4 is 5.32 Å². The Hall–Kier alpha value is -2.06. The first kappa shape index (κ1) is 15.8. The smallest absolute Gasteiger partial charge is 0.0488 e. The summed E-state index contributed by atoms with van der Waals surface area (Å²) in [6.45, 7) is 9.63. The zero-order valence-corrected chi connectivity index (χ0v) is 14.4. The molecule has 0 radical (unpaired) electrons. The van der Waals surface area contributed by atoms with Crippen LogP contribution in [0.4, 0.5) is 0 Å². The van der Waals surface area contributed by atoms with Gasteiger partial charge in [0.2, 0.25) is 0 Å². The van der Waals surface area contributed by atoms with Crippen LogP contribution in [0.2, 0.25) is 0 Å². The number of aromatic nitrogens is 1. The van der Waals surface area contributed by atoms with Crippen LogP contribution >= 0.6 is 0 Å². The molecule has 2 nitrogen and oxygen atoms in total. The largest absolute Gasteiger partial charge is 0.340 e. The molecule has 3 rings (SSSR count). The maximum absolute atomic E-state index is 3.49. The molecule has 0 fully saturated rings. The third-order valence-corrected chi connectivity index (χ3v) is 4.64. The molecule has 0 aliphatic heterocycles. The van der Waals surface area contributed by atoms with E-state index in [2.05, 4.69) is 79.2 Å². The minimum absolute atomic E-state index is 0.935. The van der Waals surface area contributed by atoms with Gasteiger partial charge in [-0.2, -0.15) is 0 Å². The molecule has 0 aliphatic carbocycles. The van der Waals surface area contributed by atoms with E-state index in [0.717, 1.165) is 19.6 Å². The number of hydrogen-bond acceptors (Lipinski definition) is 1. The molecule has 0 unspecified atom stereocenters. The van der Waals surface area contributed by atoms with Crippen molar-refractivity contribution in [2.75, 3.05) is 6.54 Å². The van der Waals surface area contributed by atoms with Crippen LogP contribution in [0.15, 0.2) is 48.5 Å². The highest BCUT2D eigenvalue weighted by molar-refractivity contribution is 5.86. The Morgan fingerprint density at radius 1 is 0.957 bits per heavy atom. The standard InChI is InChI=1S/C21H26N2/c1-4-12-22-14-19-10-11-21-20(13-19)16(2)17(3)23(21)15-18-8-6-5-7-9-18/h5-11,13,22H,4,12,14-15H2,1-3H3. The normalized spacial score (nSPS) is 11.3. The van der Waals surface area contributed by atoms with E-state index < -0.39 is 0 Å². The first-order valence-corrected chi connectivity index (χ1v) is 8.53. The van der Waals surface area contributed by atoms with Crippen LogP contribution in [0.1, 0.15) is 35.7 Å². The van der Waals surface area contributed by atoms with Crippen LogP contribution in [0, 0.1) is 13.8 Å². The van der Waals surface area contributed by atoms with Gasteiger partial charge in [0.25, 0.3) is 0 Å². The van der Waals surface area contributed by atoms with Gasteiger partial charge in [-0.1, -0.05) is 43.3 Å². The summed E-state index contributed by atoms with van der Waals surface area (Å²) in [4.78, 5) is 0. The van der Waals surface area contributed by atoms with E-state index in [0.29, 0.717) is 0 Å². The van der Waals surface area contributed by atoms with Gasteiger partial charge in [-0.3, -0.25) is 0 Å². The van der Waals surface area contributed by atoms with E-state index in [4.69, 9.17) is 0 Å². The van der Waals surface area contributed by atoms with Crippen LogP contribution in [-0.2, 0) is 13.1 Å². The summed E-state index contributed by atoms with van der Waals surface area (Å²) in [5, 5.41) is 4.87. The number of hydrogen-bond donors (Lipinski definition) is 1. The number of nitrogens with zero attached hydrogens (tertiary/aromatic N) is 1. The van der Waals surface area contributed by atoms with Crippen molar-refractivity contribution in [3.05, 3.63) is 70.9 Å². The molecule has 1 N–H and O–H groups in total. The molecule has 23 heavy (non-hydrogen) atoms. The summed E-state index contributed by atoms with van der Waals surface area (Å²) in [5.41, 5.74) is 6.81. The highest BCUT2D eigenvalue weighted by Gasteiger charge is 2.11. The van der Waals surface area contributed by atoms with Gasteiger partial charge in [-0.05, 0) is 55.6 Å². The molecule has 1 heterocycles. The van der Waals surface area contributed by atoms with E-state index in [1.165, 1.54) is 39.7 Å². The number of nitrogens with one attached hydrogen (secondary N) is 1. The van der Waals surface area contributed by atoms with E-state index in [9.17, 15) is 0 Å². The van der Waals surface area contributed by atoms with Crippen molar-refractivity contribution in [3.8, 4) is 0 Å². The van der Waals surface area contributed by atoms with E-state index in [1.807, 2.05) is 0 Å². The second-order valence-electron chi connectivity index (χ2n) is 6.31. The van der Waals surface area contributed by atoms with E-state index in [1.54, 1.807) is 0 Å². The van der Waals surface area contributed by atoms with E-state index >= 15 is 0 Å². The van der Waals surface area contributed by atoms with Crippen LogP contribution in [0.25, 0.3) is 10.9 Å². The predicted octanol–water partition coefficient (Wildman–Crippen LogP) is 4.81. The zero-order chi connectivity index (χ0) is 16.2. The van der Waals surface area contributed by atoms with Crippen molar-refractivity contribution in [1.29, 1.82) is 0 Å². The Labute approximate surface area is 139 Å². The second-order valence-corrected chi connectivity index (χ2v) is 6.31. The molecule has 0 spiro atoms. The fraction of sp³-hybridized carbons (Fsp3) is 0.333. The molecule has 0 atom stereocenters. The van der Waals surface area contributed by atoms with Gasteiger partial charge in [0.15, 0.2) is 0 Å². The number of rotatable bonds is 6. The molecule has 2 aromatic carbocycles. The highest BCUT2D eigenvalue weighted by atomic mass is 15.0. The summed E-state index contributed by atoms with van der Waals surface area (Å²) in [6, 6.07) is 17.6. The lowest BCUT2D eigenvalue weighted by atomic mass is 10.1. The molecule has 0 amide bonds. The summed E-state index contributed by atoms with van der Waals surface area (Å²) in [7, 11) is 0. The summed E-state index contributed by atoms with van der Waals surface area (Å²) in [6.07, 6.45) is 1.17. The average Bonchev–Trinajstić information content (AvgIpc) is 2.81. The highest BCUT2D eigenvalue weighted by Crippen LogP contribution is 2.27. The summed E-state index contributed by atoms with van der Waals surface area (Å²) < 4.78 is 2.43. The molecule has 3 aromatic rings. The number of aryl methyl sites for hydroxylation is 1. The fourth-order valence-electron chi connectivity index (χ4n) is 3.19. The fourth-order valence-corrected chi connectivity index (χ4v) is 3.19. The van der Waals surface area contributed by atoms with Crippen LogP contribution in [0.3, 0.4) is 0 Å². The Morgan fingerprint density at radius 3 is 2.48 bits per heavy atom. The molecule has 0 bridgehead atoms. The van der Waals surface area contributed by atoms with Crippen molar-refractivity contribution in [3.63, 3.8) is 0 Å². The second kappa shape index (κ2) is 7.01. The average molecular weight is 306 g/mol. The van der Waals surface area contributed by atoms with Gasteiger partial charge in [0, 0.05) is 29.7 Å². The Bertz CT molecular complexity index is 784. The minimum Gasteiger partial charge on any atom is -0.340 e. The van der Waals surface area contributed by atoms with Crippen molar-refractivity contribution < 1.29 is 0 Å². The van der Waals surface area contributed by atoms with Gasteiger partial charge >= 0.3 is 0 Å². The quantitative estimate of drug-likeness (QED) is 0.647. The van der Waals surface area contributed by atoms with Gasteiger partial charge in [-0.15, -0.1) is 0 Å². The van der Waals surface area contributed by atoms with Gasteiger partial charge in [-0.25, -0.2) is 0 Å². The molecule has 0 saturated heterocycles. The Kier molecular flexibility index (Phi) is 4.82. The lowest BCUT2D eigenvalue weighted by Crippen LogP contribution is -2.13. The third-order valence-electron chi connectivity index (χ3n) is 4.64. The third kappa shape index (κ3) is 3.32. The molecule has 2 heteroatoms. The maximum atomic E-state index is 3.49. The lowest BCUT2D eigenvalue weighted by molar-refractivity contribution is 0.676. The Balaban J connectivity index is 1.94. The lowest BCUT2D eigenvalue weighted by Gasteiger charge is -2.09. The molecular weight excluding hydrogens is 280 g/mol. The first-order chi connectivity index (χ1) is 11.2. The van der Waals surface area contributed by atoms with E-state index in [-0.39, 0.29) is 0 Å². The van der Waals surface area contributed by atoms with Crippen molar-refractivity contribution in [2.24, 2.45) is 0 Å². The van der Waals surface area contributed by atoms with Gasteiger partial charge < -0.3 is 9.88 Å². The molecule has 0 aliphatic rings. The van der Waals surface area contributed by atoms with Crippen molar-refractivity contribution in [2.45, 2.75) is 40.3 Å². The monoisotopic (exact) mass is 306 g/mol. The molecule has 120 valence electrons. The Morgan fingerprint density at radius 2 is 1.74 bits per heavy atom. The SMILES string of the molecule is CCCNCc1ccc2c(c1)c(C)c(C)n2Cc1ccccc1. The first-order valence-electron chi connectivity index (χ1n) is 8.53. The summed E-state index contributed by atoms with van der Waals surface area (Å²) in [5.74, 6) is 0. The molecular formula is C21H26N2. The van der Waals surface area contributed by atoms with Gasteiger partial charge in [0.05, 0.1) is 0 Å². The van der Waals surface area contributed by atoms with Crippen molar-refractivity contribution in [1.82, 2.24) is 9.88 Å². The predicted molar refractivity (Wildman–Crippen MR) is 99.0 cm³/mol. The summed E-state index contributed by atoms with van der Waals surface area (Å²) >= 11 is 0. The topological polar surface area (TPSA) is 17.0 Å². The van der Waals surface area contributed by atoms with Crippen LogP contribution in [-0.4, -0.2) is 11.1 Å². The minimum atomic E-state index is 0.935. The number of benzene rings is 2. The van der Waals surface area contributed by atoms with Crippen LogP contribution in [0.5, 0.6) is 0 Å².